The van der Waals surface area contributed by atoms with Crippen molar-refractivity contribution in [3.05, 3.63) is 71.8 Å². The van der Waals surface area contributed by atoms with E-state index in [2.05, 4.69) is 16.0 Å². The van der Waals surface area contributed by atoms with Crippen molar-refractivity contribution >= 4 is 47.9 Å². The number of hydrogen-bond donors (Lipinski definition) is 9. The number of aliphatic carboxylic acids is 1. The minimum Gasteiger partial charge on any atom is -0.480 e. The first-order chi connectivity index (χ1) is 23.1. The largest absolute Gasteiger partial charge is 0.480 e. The monoisotopic (exact) mass is 724 g/mol. The molecule has 50 heavy (non-hydrogen) atoms. The van der Waals surface area contributed by atoms with Crippen LogP contribution in [0.1, 0.15) is 76.6 Å². The Labute approximate surface area is 299 Å². The zero-order chi connectivity index (χ0) is 37.5. The Bertz CT molecular complexity index is 1320. The summed E-state index contributed by atoms with van der Waals surface area (Å²) in [6.07, 6.45) is 0.890. The molecule has 0 fully saturated rings. The summed E-state index contributed by atoms with van der Waals surface area (Å²) in [7, 11) is 0. The summed E-state index contributed by atoms with van der Waals surface area (Å²) in [5, 5.41) is 34.5. The first-order valence-electron chi connectivity index (χ1n) is 15.9. The van der Waals surface area contributed by atoms with Gasteiger partial charge < -0.3 is 48.5 Å². The van der Waals surface area contributed by atoms with Crippen LogP contribution in [-0.2, 0) is 28.8 Å². The number of carboxylic acids is 1. The molecule has 280 valence electrons. The zero-order valence-electron chi connectivity index (χ0n) is 28.9. The number of nitrogens with one attached hydrogen (secondary N) is 3. The summed E-state index contributed by atoms with van der Waals surface area (Å²) in [5.41, 5.74) is 17.1. The lowest BCUT2D eigenvalue weighted by Gasteiger charge is -2.19. The topological polar surface area (TPSA) is 277 Å². The van der Waals surface area contributed by atoms with E-state index in [0.717, 1.165) is 24.8 Å². The minimum atomic E-state index is -1.17. The van der Waals surface area contributed by atoms with Crippen molar-refractivity contribution < 1.29 is 44.1 Å². The maximum Gasteiger partial charge on any atom is 0.322 e. The number of rotatable bonds is 17. The molecule has 2 aromatic rings. The Balaban J connectivity index is 0. The molecule has 0 aliphatic heterocycles. The molecule has 0 bridgehead atoms. The fraction of sp³-hybridized carbons (Fsp3) is 0.471. The first-order valence-corrected chi connectivity index (χ1v) is 15.9. The van der Waals surface area contributed by atoms with Gasteiger partial charge in [0.15, 0.2) is 0 Å². The van der Waals surface area contributed by atoms with Crippen molar-refractivity contribution in [2.24, 2.45) is 29.0 Å². The minimum absolute atomic E-state index is 0. The van der Waals surface area contributed by atoms with E-state index in [1.807, 2.05) is 32.0 Å². The molecule has 0 saturated carbocycles. The molecule has 0 aliphatic carbocycles. The number of benzene rings is 2. The summed E-state index contributed by atoms with van der Waals surface area (Å²) in [6.45, 7) is 6.65. The Morgan fingerprint density at radius 1 is 0.680 bits per heavy atom. The zero-order valence-corrected chi connectivity index (χ0v) is 29.7. The highest BCUT2D eigenvalue weighted by Gasteiger charge is 2.24. The van der Waals surface area contributed by atoms with Crippen molar-refractivity contribution in [1.82, 2.24) is 16.0 Å². The van der Waals surface area contributed by atoms with Gasteiger partial charge in [-0.25, -0.2) is 0 Å². The molecule has 0 aromatic heterocycles. The molecule has 16 heteroatoms. The van der Waals surface area contributed by atoms with Gasteiger partial charge in [-0.1, -0.05) is 101 Å². The molecule has 12 N–H and O–H groups in total. The van der Waals surface area contributed by atoms with Gasteiger partial charge in [0, 0.05) is 0 Å². The van der Waals surface area contributed by atoms with Crippen LogP contribution in [0.4, 0.5) is 0 Å². The number of halogens is 1. The normalized spacial score (nSPS) is 13.7. The van der Waals surface area contributed by atoms with Gasteiger partial charge in [0.1, 0.15) is 30.8 Å². The standard InChI is InChI=1S/C17H25N3O4.C9H17NO4.C8H10N2O.ClH/c1-3-7-11(2)15(22)17(24)19-10-13(21)20-14(16(18)23)12-8-5-4-6-9-12;1-3-4-6(2)8(13)9(14)10-5-7(11)12;9-7(8(10)11)6-4-2-1-3-5-6;/h4-6,8-9,11,14-15,22H,3,7,10H2,1-2H3,(H2,18,23)(H,19,24)(H,20,21);6,8,13H,3-5H2,1-2H3,(H,10,14)(H,11,12);1-5,7H,9H2,(H2,10,11);1H. The van der Waals surface area contributed by atoms with Gasteiger partial charge in [0.25, 0.3) is 0 Å². The number of aliphatic hydroxyl groups excluding tert-OH is 2. The summed E-state index contributed by atoms with van der Waals surface area (Å²) < 4.78 is 0. The highest BCUT2D eigenvalue weighted by atomic mass is 35.5. The van der Waals surface area contributed by atoms with E-state index in [-0.39, 0.29) is 30.8 Å². The lowest BCUT2D eigenvalue weighted by molar-refractivity contribution is -0.140. The van der Waals surface area contributed by atoms with Crippen molar-refractivity contribution in [2.45, 2.75) is 77.7 Å². The number of carboxylic acid groups (broad SMARTS) is 1. The second-order valence-electron chi connectivity index (χ2n) is 11.4. The molecule has 5 amide bonds. The van der Waals surface area contributed by atoms with Gasteiger partial charge in [-0.3, -0.25) is 28.8 Å². The molecular formula is C34H53ClN6O9. The number of primary amides is 2. The van der Waals surface area contributed by atoms with Crippen LogP contribution in [0.3, 0.4) is 0 Å². The number of amides is 5. The Hall–Kier alpha value is -4.57. The molecule has 6 unspecified atom stereocenters. The fourth-order valence-corrected chi connectivity index (χ4v) is 4.28. The van der Waals surface area contributed by atoms with Crippen LogP contribution < -0.4 is 33.2 Å². The maximum absolute atomic E-state index is 11.9. The third-order valence-electron chi connectivity index (χ3n) is 7.13. The van der Waals surface area contributed by atoms with Crippen LogP contribution in [-0.4, -0.2) is 76.1 Å². The van der Waals surface area contributed by atoms with E-state index >= 15 is 0 Å². The number of hydrogen-bond acceptors (Lipinski definition) is 9. The van der Waals surface area contributed by atoms with E-state index in [1.54, 1.807) is 56.3 Å². The number of carbonyl (C=O) groups excluding carboxylic acids is 5. The summed E-state index contributed by atoms with van der Waals surface area (Å²) >= 11 is 0. The Kier molecular flexibility index (Phi) is 25.0. The highest BCUT2D eigenvalue weighted by Crippen LogP contribution is 2.13. The van der Waals surface area contributed by atoms with Crippen LogP contribution in [0, 0.1) is 11.8 Å². The summed E-state index contributed by atoms with van der Waals surface area (Å²) in [6, 6.07) is 16.0. The SMILES string of the molecule is CCCC(C)C(O)C(=O)NCC(=O)NC(C(N)=O)c1ccccc1.CCCC(C)C(O)C(=O)NCC(=O)O.Cl.NC(=O)C(N)c1ccccc1. The molecular weight excluding hydrogens is 672 g/mol. The van der Waals surface area contributed by atoms with Gasteiger partial charge >= 0.3 is 5.97 Å². The number of carbonyl (C=O) groups is 6. The molecule has 15 nitrogen and oxygen atoms in total. The number of nitrogens with two attached hydrogens (primary N) is 3. The van der Waals surface area contributed by atoms with E-state index in [0.29, 0.717) is 12.0 Å². The van der Waals surface area contributed by atoms with Crippen molar-refractivity contribution in [1.29, 1.82) is 0 Å². The fourth-order valence-electron chi connectivity index (χ4n) is 4.28. The molecule has 2 aromatic carbocycles. The quantitative estimate of drug-likeness (QED) is 0.111. The third-order valence-corrected chi connectivity index (χ3v) is 7.13. The average Bonchev–Trinajstić information content (AvgIpc) is 3.08. The molecule has 0 radical (unpaired) electrons. The molecule has 2 rings (SSSR count). The molecule has 0 aliphatic rings. The van der Waals surface area contributed by atoms with Crippen LogP contribution >= 0.6 is 12.4 Å². The van der Waals surface area contributed by atoms with Crippen LogP contribution in [0.25, 0.3) is 0 Å². The van der Waals surface area contributed by atoms with E-state index in [4.69, 9.17) is 22.3 Å². The van der Waals surface area contributed by atoms with Gasteiger partial charge in [0.2, 0.25) is 29.5 Å². The van der Waals surface area contributed by atoms with Crippen molar-refractivity contribution in [2.75, 3.05) is 13.1 Å². The summed E-state index contributed by atoms with van der Waals surface area (Å²) in [5.74, 6) is -4.45. The highest BCUT2D eigenvalue weighted by molar-refractivity contribution is 5.91. The van der Waals surface area contributed by atoms with E-state index in [9.17, 15) is 39.0 Å². The van der Waals surface area contributed by atoms with Crippen LogP contribution in [0.15, 0.2) is 60.7 Å². The smallest absolute Gasteiger partial charge is 0.322 e. The lowest BCUT2D eigenvalue weighted by Crippen LogP contribution is -2.46. The van der Waals surface area contributed by atoms with Crippen molar-refractivity contribution in [3.63, 3.8) is 0 Å². The summed E-state index contributed by atoms with van der Waals surface area (Å²) in [4.78, 5) is 67.1. The second-order valence-corrected chi connectivity index (χ2v) is 11.4. The predicted molar refractivity (Wildman–Crippen MR) is 190 cm³/mol. The van der Waals surface area contributed by atoms with Crippen LogP contribution in [0.5, 0.6) is 0 Å². The Morgan fingerprint density at radius 2 is 1.08 bits per heavy atom. The van der Waals surface area contributed by atoms with Gasteiger partial charge in [-0.15, -0.1) is 12.4 Å². The van der Waals surface area contributed by atoms with Gasteiger partial charge in [0.05, 0.1) is 6.54 Å². The van der Waals surface area contributed by atoms with Gasteiger partial charge in [-0.2, -0.15) is 0 Å². The third kappa shape index (κ3) is 19.4. The van der Waals surface area contributed by atoms with Crippen LogP contribution in [0.2, 0.25) is 0 Å². The Morgan fingerprint density at radius 3 is 1.44 bits per heavy atom. The number of aliphatic hydroxyl groups is 2. The molecule has 0 saturated heterocycles. The predicted octanol–water partition coefficient (Wildman–Crippen LogP) is 0.820. The average molecular weight is 725 g/mol. The lowest BCUT2D eigenvalue weighted by atomic mass is 9.99. The van der Waals surface area contributed by atoms with E-state index in [1.165, 1.54) is 0 Å². The first kappa shape index (κ1) is 47.5. The van der Waals surface area contributed by atoms with E-state index < -0.39 is 66.3 Å². The molecule has 0 heterocycles. The molecule has 0 spiro atoms. The van der Waals surface area contributed by atoms with Gasteiger partial charge in [-0.05, 0) is 35.8 Å². The maximum atomic E-state index is 11.9. The molecule has 6 atom stereocenters. The van der Waals surface area contributed by atoms with Crippen molar-refractivity contribution in [3.8, 4) is 0 Å². The second kappa shape index (κ2) is 26.3.